The van der Waals surface area contributed by atoms with Crippen molar-refractivity contribution in [2.24, 2.45) is 11.8 Å². The van der Waals surface area contributed by atoms with E-state index in [9.17, 15) is 5.11 Å². The molecule has 1 aliphatic rings. The molecule has 0 aliphatic heterocycles. The third-order valence-corrected chi connectivity index (χ3v) is 6.92. The van der Waals surface area contributed by atoms with Crippen molar-refractivity contribution >= 4 is 0 Å². The number of hydrogen-bond acceptors (Lipinski definition) is 1. The zero-order chi connectivity index (χ0) is 25.3. The van der Waals surface area contributed by atoms with Crippen LogP contribution in [0, 0.1) is 11.8 Å². The maximum atomic E-state index is 9.85. The molecule has 1 nitrogen and oxygen atoms in total. The molecule has 0 spiro atoms. The van der Waals surface area contributed by atoms with Gasteiger partial charge in [0.15, 0.2) is 0 Å². The van der Waals surface area contributed by atoms with E-state index in [4.69, 9.17) is 0 Å². The Morgan fingerprint density at radius 2 is 1.38 bits per heavy atom. The molecule has 1 rings (SSSR count). The van der Waals surface area contributed by atoms with E-state index < -0.39 is 0 Å². The quantitative estimate of drug-likeness (QED) is 0.224. The molecule has 0 amide bonds. The Morgan fingerprint density at radius 1 is 0.824 bits per heavy atom. The number of rotatable bonds is 16. The van der Waals surface area contributed by atoms with Gasteiger partial charge < -0.3 is 5.11 Å². The van der Waals surface area contributed by atoms with Crippen molar-refractivity contribution < 1.29 is 5.11 Å². The van der Waals surface area contributed by atoms with Crippen molar-refractivity contribution in [2.45, 2.75) is 119 Å². The highest BCUT2D eigenvalue weighted by Crippen LogP contribution is 2.34. The molecule has 0 saturated heterocycles. The van der Waals surface area contributed by atoms with E-state index in [0.29, 0.717) is 18.4 Å². The Morgan fingerprint density at radius 3 is 1.94 bits per heavy atom. The van der Waals surface area contributed by atoms with Crippen molar-refractivity contribution in [1.29, 1.82) is 0 Å². The minimum atomic E-state index is 0.323. The van der Waals surface area contributed by atoms with Crippen LogP contribution in [0.4, 0.5) is 0 Å². The second-order valence-electron chi connectivity index (χ2n) is 11.2. The molecule has 2 atom stereocenters. The van der Waals surface area contributed by atoms with Gasteiger partial charge in [-0.1, -0.05) is 70.4 Å². The summed E-state index contributed by atoms with van der Waals surface area (Å²) in [5.74, 6) is 1.04. The predicted octanol–water partition coefficient (Wildman–Crippen LogP) is 10.2. The molecule has 1 heteroatoms. The fraction of sp³-hybridized carbons (Fsp3) is 0.636. The second kappa shape index (κ2) is 17.8. The SMILES string of the molecule is C=C(CC/C=C(\C)CCC=C(C)C)CCC1C=C(CC/C=C(\C)CCC=C(C)C)CC(CO)C1. The number of allylic oxidation sites excluding steroid dienone is 11. The van der Waals surface area contributed by atoms with Gasteiger partial charge in [0.1, 0.15) is 0 Å². The second-order valence-corrected chi connectivity index (χ2v) is 11.2. The first kappa shape index (κ1) is 30.4. The molecule has 0 bridgehead atoms. The summed E-state index contributed by atoms with van der Waals surface area (Å²) in [6, 6.07) is 0. The normalized spacial score (nSPS) is 19.0. The number of aliphatic hydroxyl groups excluding tert-OH is 1. The van der Waals surface area contributed by atoms with Crippen LogP contribution in [0.15, 0.2) is 70.4 Å². The Bertz CT molecular complexity index is 747. The minimum absolute atomic E-state index is 0.323. The summed E-state index contributed by atoms with van der Waals surface area (Å²) >= 11 is 0. The third kappa shape index (κ3) is 15.3. The molecular weight excluding hydrogens is 412 g/mol. The van der Waals surface area contributed by atoms with Gasteiger partial charge in [-0.3, -0.25) is 0 Å². The van der Waals surface area contributed by atoms with Crippen LogP contribution in [0.3, 0.4) is 0 Å². The van der Waals surface area contributed by atoms with E-state index in [2.05, 4.69) is 78.5 Å². The van der Waals surface area contributed by atoms with Crippen LogP contribution >= 0.6 is 0 Å². The average molecular weight is 467 g/mol. The maximum absolute atomic E-state index is 9.85. The molecule has 2 unspecified atom stereocenters. The standard InChI is InChI=1S/C33H54O/c1-26(2)12-8-14-28(5)16-10-17-30(7)20-21-32-22-31(23-33(24-32)25-34)19-11-18-29(6)15-9-13-27(3)4/h12-13,16,18,22,32-34H,7-11,14-15,17,19-21,23-25H2,1-6H3/b28-16+,29-18+. The third-order valence-electron chi connectivity index (χ3n) is 6.92. The van der Waals surface area contributed by atoms with Gasteiger partial charge in [0, 0.05) is 6.61 Å². The molecule has 0 radical (unpaired) electrons. The Kier molecular flexibility index (Phi) is 15.9. The van der Waals surface area contributed by atoms with Gasteiger partial charge in [0.25, 0.3) is 0 Å². The van der Waals surface area contributed by atoms with Crippen molar-refractivity contribution in [3.05, 3.63) is 70.4 Å². The van der Waals surface area contributed by atoms with Crippen molar-refractivity contribution in [3.8, 4) is 0 Å². The number of aliphatic hydroxyl groups is 1. The van der Waals surface area contributed by atoms with Crippen LogP contribution < -0.4 is 0 Å². The topological polar surface area (TPSA) is 20.2 Å². The summed E-state index contributed by atoms with van der Waals surface area (Å²) < 4.78 is 0. The van der Waals surface area contributed by atoms with Crippen LogP contribution in [0.1, 0.15) is 119 Å². The van der Waals surface area contributed by atoms with E-state index >= 15 is 0 Å². The first-order chi connectivity index (χ1) is 16.2. The van der Waals surface area contributed by atoms with E-state index in [1.807, 2.05) is 0 Å². The van der Waals surface area contributed by atoms with Crippen LogP contribution in [0.25, 0.3) is 0 Å². The highest BCUT2D eigenvalue weighted by atomic mass is 16.3. The Hall–Kier alpha value is -1.60. The van der Waals surface area contributed by atoms with Gasteiger partial charge in [-0.15, -0.1) is 0 Å². The van der Waals surface area contributed by atoms with Crippen molar-refractivity contribution in [3.63, 3.8) is 0 Å². The molecule has 0 aromatic rings. The first-order valence-corrected chi connectivity index (χ1v) is 13.7. The highest BCUT2D eigenvalue weighted by molar-refractivity contribution is 5.13. The molecule has 34 heavy (non-hydrogen) atoms. The largest absolute Gasteiger partial charge is 0.396 e. The molecular formula is C33H54O. The summed E-state index contributed by atoms with van der Waals surface area (Å²) in [6.07, 6.45) is 25.6. The van der Waals surface area contributed by atoms with Crippen LogP contribution in [0.2, 0.25) is 0 Å². The van der Waals surface area contributed by atoms with Crippen LogP contribution in [-0.4, -0.2) is 11.7 Å². The van der Waals surface area contributed by atoms with E-state index in [1.165, 1.54) is 47.1 Å². The summed E-state index contributed by atoms with van der Waals surface area (Å²) in [7, 11) is 0. The Balaban J connectivity index is 2.44. The lowest BCUT2D eigenvalue weighted by Crippen LogP contribution is -2.18. The van der Waals surface area contributed by atoms with Crippen LogP contribution in [0.5, 0.6) is 0 Å². The van der Waals surface area contributed by atoms with Gasteiger partial charge in [-0.25, -0.2) is 0 Å². The summed E-state index contributed by atoms with van der Waals surface area (Å²) in [6.45, 7) is 17.9. The minimum Gasteiger partial charge on any atom is -0.396 e. The molecule has 0 aromatic heterocycles. The van der Waals surface area contributed by atoms with E-state index in [0.717, 1.165) is 57.8 Å². The summed E-state index contributed by atoms with van der Waals surface area (Å²) in [5, 5.41) is 9.85. The molecule has 192 valence electrons. The molecule has 0 fully saturated rings. The van der Waals surface area contributed by atoms with Gasteiger partial charge in [0.05, 0.1) is 0 Å². The van der Waals surface area contributed by atoms with Crippen LogP contribution in [-0.2, 0) is 0 Å². The summed E-state index contributed by atoms with van der Waals surface area (Å²) in [4.78, 5) is 0. The highest BCUT2D eigenvalue weighted by Gasteiger charge is 2.21. The Labute approximate surface area is 212 Å². The molecule has 1 aliphatic carbocycles. The lowest BCUT2D eigenvalue weighted by atomic mass is 9.79. The molecule has 0 aromatic carbocycles. The fourth-order valence-electron chi connectivity index (χ4n) is 4.80. The van der Waals surface area contributed by atoms with Gasteiger partial charge in [-0.2, -0.15) is 0 Å². The van der Waals surface area contributed by atoms with Gasteiger partial charge >= 0.3 is 0 Å². The smallest absolute Gasteiger partial charge is 0.0462 e. The number of hydrogen-bond donors (Lipinski definition) is 1. The van der Waals surface area contributed by atoms with Gasteiger partial charge in [-0.05, 0) is 130 Å². The van der Waals surface area contributed by atoms with E-state index in [-0.39, 0.29) is 0 Å². The predicted molar refractivity (Wildman–Crippen MR) is 153 cm³/mol. The fourth-order valence-corrected chi connectivity index (χ4v) is 4.80. The molecule has 0 heterocycles. The van der Waals surface area contributed by atoms with E-state index in [1.54, 1.807) is 5.57 Å². The lowest BCUT2D eigenvalue weighted by molar-refractivity contribution is 0.197. The first-order valence-electron chi connectivity index (χ1n) is 13.7. The zero-order valence-electron chi connectivity index (χ0n) is 23.4. The maximum Gasteiger partial charge on any atom is 0.0462 e. The lowest BCUT2D eigenvalue weighted by Gasteiger charge is -2.28. The van der Waals surface area contributed by atoms with Crippen molar-refractivity contribution in [2.75, 3.05) is 6.61 Å². The average Bonchev–Trinajstić information content (AvgIpc) is 2.77. The molecule has 0 saturated carbocycles. The van der Waals surface area contributed by atoms with Gasteiger partial charge in [0.2, 0.25) is 0 Å². The monoisotopic (exact) mass is 466 g/mol. The molecule has 1 N–H and O–H groups in total. The summed E-state index contributed by atoms with van der Waals surface area (Å²) in [5.41, 5.74) is 8.75. The zero-order valence-corrected chi connectivity index (χ0v) is 23.4. The van der Waals surface area contributed by atoms with Crippen molar-refractivity contribution in [1.82, 2.24) is 0 Å².